The molecule has 2 heterocycles. The fraction of sp³-hybridized carbons (Fsp3) is 0.400. The van der Waals surface area contributed by atoms with E-state index in [9.17, 15) is 4.79 Å². The molecule has 0 spiro atoms. The van der Waals surface area contributed by atoms with Gasteiger partial charge in [0.2, 0.25) is 6.41 Å². The summed E-state index contributed by atoms with van der Waals surface area (Å²) in [6, 6.07) is 3.77. The van der Waals surface area contributed by atoms with Crippen LogP contribution in [-0.2, 0) is 4.79 Å². The highest BCUT2D eigenvalue weighted by Crippen LogP contribution is 2.25. The Bertz CT molecular complexity index is 325. The van der Waals surface area contributed by atoms with Crippen molar-refractivity contribution >= 4 is 18.0 Å². The maximum atomic E-state index is 10.5. The third-order valence-corrected chi connectivity index (χ3v) is 2.76. The summed E-state index contributed by atoms with van der Waals surface area (Å²) in [5.41, 5.74) is 1.03. The number of hydrogen-bond donors (Lipinski definition) is 0. The Kier molecular flexibility index (Phi) is 2.68. The monoisotopic (exact) mass is 210 g/mol. The minimum atomic E-state index is 0.373. The van der Waals surface area contributed by atoms with Crippen molar-refractivity contribution in [3.05, 3.63) is 29.0 Å². The molecule has 74 valence electrons. The van der Waals surface area contributed by atoms with Gasteiger partial charge in [0, 0.05) is 30.9 Å². The summed E-state index contributed by atoms with van der Waals surface area (Å²) in [7, 11) is 0. The number of rotatable bonds is 2. The Morgan fingerprint density at radius 1 is 1.57 bits per heavy atom. The van der Waals surface area contributed by atoms with E-state index >= 15 is 0 Å². The molecule has 0 aromatic carbocycles. The van der Waals surface area contributed by atoms with Crippen molar-refractivity contribution in [2.45, 2.75) is 12.3 Å². The topological polar surface area (TPSA) is 33.2 Å². The number of nitrogens with zero attached hydrogens (tertiary/aromatic N) is 2. The molecule has 1 aliphatic heterocycles. The van der Waals surface area contributed by atoms with Crippen LogP contribution in [0.3, 0.4) is 0 Å². The van der Waals surface area contributed by atoms with Crippen molar-refractivity contribution < 1.29 is 4.79 Å². The van der Waals surface area contributed by atoms with Crippen LogP contribution in [0.4, 0.5) is 0 Å². The maximum Gasteiger partial charge on any atom is 0.209 e. The van der Waals surface area contributed by atoms with Gasteiger partial charge in [0.05, 0.1) is 5.02 Å². The average molecular weight is 211 g/mol. The van der Waals surface area contributed by atoms with Crippen LogP contribution in [0.15, 0.2) is 18.3 Å². The van der Waals surface area contributed by atoms with Crippen molar-refractivity contribution in [3.63, 3.8) is 0 Å². The number of likely N-dealkylation sites (tertiary alicyclic amines) is 1. The highest BCUT2D eigenvalue weighted by Gasteiger charge is 2.23. The Balaban J connectivity index is 2.09. The zero-order chi connectivity index (χ0) is 9.97. The third kappa shape index (κ3) is 1.87. The molecule has 1 saturated heterocycles. The van der Waals surface area contributed by atoms with E-state index in [-0.39, 0.29) is 0 Å². The first kappa shape index (κ1) is 9.46. The lowest BCUT2D eigenvalue weighted by atomic mass is 10.0. The lowest BCUT2D eigenvalue weighted by molar-refractivity contribution is -0.117. The predicted octanol–water partition coefficient (Wildman–Crippen LogP) is 1.68. The highest BCUT2D eigenvalue weighted by atomic mass is 35.5. The number of carbonyl (C=O) groups is 1. The van der Waals surface area contributed by atoms with E-state index in [0.717, 1.165) is 31.6 Å². The van der Waals surface area contributed by atoms with Crippen molar-refractivity contribution in [1.82, 2.24) is 9.88 Å². The maximum absolute atomic E-state index is 10.5. The van der Waals surface area contributed by atoms with Crippen molar-refractivity contribution in [3.8, 4) is 0 Å². The Morgan fingerprint density at radius 3 is 3.00 bits per heavy atom. The number of halogens is 1. The summed E-state index contributed by atoms with van der Waals surface area (Å²) in [5, 5.41) is 0.652. The zero-order valence-corrected chi connectivity index (χ0v) is 8.44. The van der Waals surface area contributed by atoms with Gasteiger partial charge in [0.25, 0.3) is 0 Å². The van der Waals surface area contributed by atoms with Gasteiger partial charge in [0.15, 0.2) is 0 Å². The predicted molar refractivity (Wildman–Crippen MR) is 54.2 cm³/mol. The fourth-order valence-corrected chi connectivity index (χ4v) is 1.86. The summed E-state index contributed by atoms with van der Waals surface area (Å²) in [4.78, 5) is 16.6. The lowest BCUT2D eigenvalue weighted by Crippen LogP contribution is -2.17. The molecule has 0 bridgehead atoms. The quantitative estimate of drug-likeness (QED) is 0.696. The second-order valence-electron chi connectivity index (χ2n) is 3.49. The summed E-state index contributed by atoms with van der Waals surface area (Å²) in [5.74, 6) is 0.373. The van der Waals surface area contributed by atoms with Gasteiger partial charge in [-0.3, -0.25) is 9.78 Å². The van der Waals surface area contributed by atoms with E-state index in [1.807, 2.05) is 12.1 Å². The van der Waals surface area contributed by atoms with E-state index in [1.165, 1.54) is 0 Å². The van der Waals surface area contributed by atoms with Gasteiger partial charge in [-0.2, -0.15) is 0 Å². The Hall–Kier alpha value is -1.09. The van der Waals surface area contributed by atoms with E-state index < -0.39 is 0 Å². The van der Waals surface area contributed by atoms with Gasteiger partial charge in [-0.1, -0.05) is 11.6 Å². The van der Waals surface area contributed by atoms with Gasteiger partial charge in [0.1, 0.15) is 0 Å². The molecule has 1 unspecified atom stereocenters. The van der Waals surface area contributed by atoms with Gasteiger partial charge in [-0.15, -0.1) is 0 Å². The zero-order valence-electron chi connectivity index (χ0n) is 7.69. The van der Waals surface area contributed by atoms with E-state index in [1.54, 1.807) is 11.1 Å². The SMILES string of the molecule is O=CN1CCC(c2ccc(Cl)cn2)C1. The van der Waals surface area contributed by atoms with Crippen LogP contribution in [0.5, 0.6) is 0 Å². The van der Waals surface area contributed by atoms with Gasteiger partial charge in [-0.25, -0.2) is 0 Å². The second kappa shape index (κ2) is 3.96. The molecular formula is C10H11ClN2O. The first-order valence-corrected chi connectivity index (χ1v) is 4.98. The Morgan fingerprint density at radius 2 is 2.43 bits per heavy atom. The summed E-state index contributed by atoms with van der Waals surface area (Å²) >= 11 is 5.75. The Labute approximate surface area is 87.7 Å². The average Bonchev–Trinajstić information content (AvgIpc) is 2.67. The lowest BCUT2D eigenvalue weighted by Gasteiger charge is -2.09. The summed E-state index contributed by atoms with van der Waals surface area (Å²) in [6.45, 7) is 1.61. The van der Waals surface area contributed by atoms with Gasteiger partial charge in [-0.05, 0) is 18.6 Å². The molecule has 1 aromatic heterocycles. The normalized spacial score (nSPS) is 21.2. The van der Waals surface area contributed by atoms with Crippen LogP contribution < -0.4 is 0 Å². The molecule has 1 fully saturated rings. The fourth-order valence-electron chi connectivity index (χ4n) is 1.75. The van der Waals surface area contributed by atoms with Crippen LogP contribution in [0.1, 0.15) is 18.0 Å². The molecule has 14 heavy (non-hydrogen) atoms. The van der Waals surface area contributed by atoms with E-state index in [2.05, 4.69) is 4.98 Å². The van der Waals surface area contributed by atoms with Crippen LogP contribution in [0.25, 0.3) is 0 Å². The number of pyridine rings is 1. The number of amides is 1. The minimum absolute atomic E-state index is 0.373. The first-order chi connectivity index (χ1) is 6.79. The largest absolute Gasteiger partial charge is 0.345 e. The van der Waals surface area contributed by atoms with Gasteiger partial charge < -0.3 is 4.90 Å². The molecule has 3 nitrogen and oxygen atoms in total. The van der Waals surface area contributed by atoms with Crippen LogP contribution >= 0.6 is 11.6 Å². The molecule has 0 N–H and O–H groups in total. The smallest absolute Gasteiger partial charge is 0.209 e. The molecule has 0 radical (unpaired) electrons. The van der Waals surface area contributed by atoms with Crippen molar-refractivity contribution in [2.75, 3.05) is 13.1 Å². The van der Waals surface area contributed by atoms with Crippen LogP contribution in [-0.4, -0.2) is 29.4 Å². The molecule has 1 amide bonds. The van der Waals surface area contributed by atoms with Gasteiger partial charge >= 0.3 is 0 Å². The molecular weight excluding hydrogens is 200 g/mol. The molecule has 1 aliphatic rings. The number of hydrogen-bond acceptors (Lipinski definition) is 2. The molecule has 0 aliphatic carbocycles. The first-order valence-electron chi connectivity index (χ1n) is 4.60. The highest BCUT2D eigenvalue weighted by molar-refractivity contribution is 6.30. The van der Waals surface area contributed by atoms with Crippen molar-refractivity contribution in [1.29, 1.82) is 0 Å². The molecule has 1 atom stereocenters. The van der Waals surface area contributed by atoms with E-state index in [0.29, 0.717) is 10.9 Å². The van der Waals surface area contributed by atoms with Crippen LogP contribution in [0.2, 0.25) is 5.02 Å². The molecule has 2 rings (SSSR count). The molecule has 1 aromatic rings. The molecule has 0 saturated carbocycles. The molecule has 4 heteroatoms. The summed E-state index contributed by atoms with van der Waals surface area (Å²) in [6.07, 6.45) is 3.55. The number of carbonyl (C=O) groups excluding carboxylic acids is 1. The van der Waals surface area contributed by atoms with E-state index in [4.69, 9.17) is 11.6 Å². The standard InChI is InChI=1S/C10H11ClN2O/c11-9-1-2-10(12-5-9)8-3-4-13(6-8)7-14/h1-2,5,7-8H,3-4,6H2. The summed E-state index contributed by atoms with van der Waals surface area (Å²) < 4.78 is 0. The number of aromatic nitrogens is 1. The van der Waals surface area contributed by atoms with Crippen molar-refractivity contribution in [2.24, 2.45) is 0 Å². The third-order valence-electron chi connectivity index (χ3n) is 2.54. The van der Waals surface area contributed by atoms with Crippen LogP contribution in [0, 0.1) is 0 Å². The second-order valence-corrected chi connectivity index (χ2v) is 3.92. The minimum Gasteiger partial charge on any atom is -0.345 e.